The number of nitrogens with zero attached hydrogens (tertiary/aromatic N) is 5. The van der Waals surface area contributed by atoms with E-state index >= 15 is 0 Å². The SMILES string of the molecule is Nc1c(N=Nc2ccc([N+](=O)[O-])cc2)c(S(=O)(=O)[O-])cc2c1C(=O)/C(=N/Nc1ccc(Sc3ccc(N/N=C4\C=CC(=O)C=C4O)cc3)cc1)C(S(=O)(=O)[O-])=C2.[Na+].[Na+]. The zero-order chi connectivity index (χ0) is 40.4. The van der Waals surface area contributed by atoms with Gasteiger partial charge in [-0.15, -0.1) is 5.11 Å². The molecule has 284 valence electrons. The Bertz CT molecular complexity index is 2740. The number of nitro groups is 1. The van der Waals surface area contributed by atoms with Gasteiger partial charge in [0.25, 0.3) is 5.69 Å². The van der Waals surface area contributed by atoms with Gasteiger partial charge in [0.2, 0.25) is 5.78 Å². The summed E-state index contributed by atoms with van der Waals surface area (Å²) in [4.78, 5) is 34.7. The summed E-state index contributed by atoms with van der Waals surface area (Å²) in [6.45, 7) is 0. The molecule has 0 heterocycles. The fraction of sp³-hybridized carbons (Fsp3) is 0. The Kier molecular flexibility index (Phi) is 14.9. The Morgan fingerprint density at radius 2 is 1.33 bits per heavy atom. The second-order valence-electron chi connectivity index (χ2n) is 11.4. The average Bonchev–Trinajstić information content (AvgIpc) is 3.14. The van der Waals surface area contributed by atoms with Crippen LogP contribution in [0.25, 0.3) is 6.08 Å². The molecule has 4 aromatic carbocycles. The number of nitro benzene ring substituents is 1. The van der Waals surface area contributed by atoms with E-state index in [0.29, 0.717) is 17.8 Å². The number of non-ortho nitro benzene ring substituents is 1. The van der Waals surface area contributed by atoms with Crippen molar-refractivity contribution >= 4 is 95.2 Å². The number of aliphatic hydroxyl groups is 1. The summed E-state index contributed by atoms with van der Waals surface area (Å²) >= 11 is 1.37. The Hall–Kier alpha value is -4.85. The minimum atomic E-state index is -5.42. The van der Waals surface area contributed by atoms with E-state index in [1.807, 2.05) is 0 Å². The first-order chi connectivity index (χ1) is 26.5. The minimum absolute atomic E-state index is 0. The summed E-state index contributed by atoms with van der Waals surface area (Å²) in [5.74, 6) is -1.84. The number of fused-ring (bicyclic) bond motifs is 1. The summed E-state index contributed by atoms with van der Waals surface area (Å²) in [6.07, 6.45) is 4.36. The van der Waals surface area contributed by atoms with Crippen molar-refractivity contribution in [2.45, 2.75) is 14.7 Å². The van der Waals surface area contributed by atoms with Crippen LogP contribution < -0.4 is 75.7 Å². The summed E-state index contributed by atoms with van der Waals surface area (Å²) in [5, 5.41) is 36.3. The van der Waals surface area contributed by atoms with Gasteiger partial charge >= 0.3 is 59.1 Å². The maximum Gasteiger partial charge on any atom is 1.00 e. The second kappa shape index (κ2) is 18.8. The molecule has 0 aromatic heterocycles. The molecule has 0 saturated heterocycles. The zero-order valence-electron chi connectivity index (χ0n) is 29.9. The normalized spacial score (nSPS) is 15.3. The van der Waals surface area contributed by atoms with Crippen molar-refractivity contribution < 1.29 is 105 Å². The number of Topliss-reactive ketones (excluding diaryl/α,β-unsaturated/α-hetero) is 1. The number of aliphatic hydroxyl groups excluding tert-OH is 1. The van der Waals surface area contributed by atoms with Crippen molar-refractivity contribution in [1.29, 1.82) is 0 Å². The van der Waals surface area contributed by atoms with Crippen LogP contribution in [0.15, 0.2) is 143 Å². The molecular formula is C34H22N8Na2O11S3. The molecule has 4 aromatic rings. The predicted molar refractivity (Wildman–Crippen MR) is 202 cm³/mol. The van der Waals surface area contributed by atoms with Gasteiger partial charge in [-0.3, -0.25) is 30.6 Å². The fourth-order valence-corrected chi connectivity index (χ4v) is 7.13. The molecule has 0 bridgehead atoms. The van der Waals surface area contributed by atoms with Gasteiger partial charge in [0.15, 0.2) is 5.78 Å². The van der Waals surface area contributed by atoms with Crippen LogP contribution in [0.2, 0.25) is 0 Å². The van der Waals surface area contributed by atoms with Gasteiger partial charge in [-0.25, -0.2) is 16.8 Å². The van der Waals surface area contributed by atoms with E-state index in [-0.39, 0.29) is 93.4 Å². The van der Waals surface area contributed by atoms with E-state index in [9.17, 15) is 50.8 Å². The van der Waals surface area contributed by atoms with E-state index in [4.69, 9.17) is 5.73 Å². The van der Waals surface area contributed by atoms with Crippen LogP contribution in [-0.2, 0) is 25.0 Å². The zero-order valence-corrected chi connectivity index (χ0v) is 36.3. The number of nitrogens with two attached hydrogens (primary N) is 1. The molecule has 19 nitrogen and oxygen atoms in total. The van der Waals surface area contributed by atoms with Crippen molar-refractivity contribution in [3.8, 4) is 0 Å². The van der Waals surface area contributed by atoms with Crippen LogP contribution in [0.1, 0.15) is 15.9 Å². The topological polar surface area (TPSA) is 311 Å². The monoisotopic (exact) mass is 860 g/mol. The van der Waals surface area contributed by atoms with Gasteiger partial charge in [0.1, 0.15) is 43.1 Å². The van der Waals surface area contributed by atoms with Gasteiger partial charge in [0.05, 0.1) is 43.0 Å². The molecule has 2 aliphatic rings. The number of nitrogens with one attached hydrogen (secondary N) is 2. The molecular weight excluding hydrogens is 839 g/mol. The van der Waals surface area contributed by atoms with E-state index in [0.717, 1.165) is 28.0 Å². The van der Waals surface area contributed by atoms with Crippen LogP contribution in [0.5, 0.6) is 0 Å². The van der Waals surface area contributed by atoms with Crippen LogP contribution in [0.4, 0.5) is 34.1 Å². The number of hydrogen-bond acceptors (Lipinski definition) is 19. The number of azo groups is 1. The molecule has 0 amide bonds. The van der Waals surface area contributed by atoms with E-state index < -0.39 is 69.0 Å². The van der Waals surface area contributed by atoms with Crippen molar-refractivity contribution in [3.63, 3.8) is 0 Å². The first-order valence-corrected chi connectivity index (χ1v) is 19.1. The molecule has 0 fully saturated rings. The molecule has 0 radical (unpaired) electrons. The number of hydrogen-bond donors (Lipinski definition) is 4. The number of benzene rings is 4. The summed E-state index contributed by atoms with van der Waals surface area (Å²) in [7, 11) is -10.8. The molecule has 0 unspecified atom stereocenters. The first-order valence-electron chi connectivity index (χ1n) is 15.5. The molecule has 24 heteroatoms. The van der Waals surface area contributed by atoms with Crippen LogP contribution in [-0.4, -0.2) is 59.0 Å². The van der Waals surface area contributed by atoms with Crippen molar-refractivity contribution in [3.05, 3.63) is 129 Å². The summed E-state index contributed by atoms with van der Waals surface area (Å²) in [6, 6.07) is 18.7. The largest absolute Gasteiger partial charge is 1.00 e. The number of ketones is 2. The van der Waals surface area contributed by atoms with E-state index in [2.05, 4.69) is 31.3 Å². The number of carbonyl (C=O) groups excluding carboxylic acids is 2. The third kappa shape index (κ3) is 10.8. The average molecular weight is 861 g/mol. The fourth-order valence-electron chi connectivity index (χ4n) is 5.01. The Balaban J connectivity index is 0.00000372. The number of nitrogen functional groups attached to an aromatic ring is 1. The molecule has 5 N–H and O–H groups in total. The standard InChI is InChI=1S/C34H24N8O11S3.2Na/c35-31-30-18(15-28(55(48,49)50)32(31)40-37-19-1-7-22(8-2-19)42(46)47)16-29(56(51,52)53)33(34(30)45)41-38-21-5-12-25(13-6-21)54-24-10-3-20(4-11-24)36-39-26-14-9-23(43)17-27(26)44;;/h1-17,36,38,44H,35H2,(H,48,49,50)(H,51,52,53);;/q;2*+1/p-2/b39-26+,40-37?,41-33+;;. The van der Waals surface area contributed by atoms with Gasteiger partial charge in [0, 0.05) is 28.0 Å². The van der Waals surface area contributed by atoms with Crippen molar-refractivity contribution in [2.75, 3.05) is 16.6 Å². The van der Waals surface area contributed by atoms with Gasteiger partial charge in [-0.1, -0.05) is 11.8 Å². The van der Waals surface area contributed by atoms with Crippen LogP contribution in [0, 0.1) is 10.1 Å². The number of anilines is 3. The molecule has 0 saturated carbocycles. The van der Waals surface area contributed by atoms with Gasteiger partial charge in [-0.2, -0.15) is 15.3 Å². The maximum atomic E-state index is 13.7. The third-order valence-electron chi connectivity index (χ3n) is 7.65. The molecule has 0 aliphatic heterocycles. The van der Waals surface area contributed by atoms with Crippen LogP contribution in [0.3, 0.4) is 0 Å². The van der Waals surface area contributed by atoms with Crippen LogP contribution >= 0.6 is 11.8 Å². The number of allylic oxidation sites excluding steroid dienone is 4. The van der Waals surface area contributed by atoms with Gasteiger partial charge in [-0.05, 0) is 90.5 Å². The van der Waals surface area contributed by atoms with E-state index in [1.165, 1.54) is 36.0 Å². The van der Waals surface area contributed by atoms with Crippen molar-refractivity contribution in [1.82, 2.24) is 0 Å². The molecule has 6 rings (SSSR count). The molecule has 0 atom stereocenters. The quantitative estimate of drug-likeness (QED) is 0.0283. The first kappa shape index (κ1) is 45.8. The Morgan fingerprint density at radius 1 is 0.759 bits per heavy atom. The Labute approximate surface area is 377 Å². The number of rotatable bonds is 11. The van der Waals surface area contributed by atoms with Crippen molar-refractivity contribution in [2.24, 2.45) is 20.4 Å². The summed E-state index contributed by atoms with van der Waals surface area (Å²) < 4.78 is 73.5. The Morgan fingerprint density at radius 3 is 1.84 bits per heavy atom. The molecule has 0 spiro atoms. The number of hydrazone groups is 2. The minimum Gasteiger partial charge on any atom is -0.744 e. The maximum absolute atomic E-state index is 13.7. The smallest absolute Gasteiger partial charge is 0.744 e. The number of carbonyl (C=O) groups is 2. The van der Waals surface area contributed by atoms with E-state index in [1.54, 1.807) is 48.5 Å². The molecule has 2 aliphatic carbocycles. The summed E-state index contributed by atoms with van der Waals surface area (Å²) in [5.41, 5.74) is 8.83. The second-order valence-corrected chi connectivity index (χ2v) is 15.3. The molecule has 58 heavy (non-hydrogen) atoms. The predicted octanol–water partition coefficient (Wildman–Crippen LogP) is -0.445. The third-order valence-corrected chi connectivity index (χ3v) is 10.4. The van der Waals surface area contributed by atoms with Gasteiger partial charge < -0.3 is 19.9 Å².